The van der Waals surface area contributed by atoms with Gasteiger partial charge in [-0.05, 0) is 64.2 Å². The number of rotatable bonds is 9. The van der Waals surface area contributed by atoms with E-state index >= 15 is 0 Å². The first-order valence-corrected chi connectivity index (χ1v) is 12.8. The third-order valence-corrected chi connectivity index (χ3v) is 6.68. The molecule has 9 heteroatoms. The van der Waals surface area contributed by atoms with Crippen LogP contribution in [0.2, 0.25) is 0 Å². The summed E-state index contributed by atoms with van der Waals surface area (Å²) in [6, 6.07) is 6.21. The van der Waals surface area contributed by atoms with E-state index in [9.17, 15) is 24.0 Å². The molecule has 0 unspecified atom stereocenters. The van der Waals surface area contributed by atoms with E-state index in [0.717, 1.165) is 5.39 Å². The average Bonchev–Trinajstić information content (AvgIpc) is 3.19. The summed E-state index contributed by atoms with van der Waals surface area (Å²) in [5.41, 5.74) is 1.07. The first kappa shape index (κ1) is 29.5. The molecule has 3 rings (SSSR count). The molecular formula is C30H36N2O7. The number of fused-ring (bicyclic) bond motifs is 1. The second-order valence-electron chi connectivity index (χ2n) is 11.4. The van der Waals surface area contributed by atoms with Crippen LogP contribution < -0.4 is 5.32 Å². The molecule has 1 heterocycles. The number of ether oxygens (including phenoxy) is 2. The van der Waals surface area contributed by atoms with E-state index in [-0.39, 0.29) is 24.6 Å². The van der Waals surface area contributed by atoms with Crippen LogP contribution in [0, 0.1) is 5.41 Å². The molecule has 0 saturated carbocycles. The maximum absolute atomic E-state index is 13.0. The second kappa shape index (κ2) is 11.4. The minimum atomic E-state index is -1.01. The third-order valence-electron chi connectivity index (χ3n) is 6.68. The van der Waals surface area contributed by atoms with E-state index < -0.39 is 29.1 Å². The van der Waals surface area contributed by atoms with Crippen molar-refractivity contribution < 1.29 is 33.4 Å². The Balaban J connectivity index is 1.75. The maximum Gasteiger partial charge on any atom is 0.419 e. The summed E-state index contributed by atoms with van der Waals surface area (Å²) in [6.07, 6.45) is 3.20. The minimum Gasteiger partial charge on any atom is -0.464 e. The van der Waals surface area contributed by atoms with Crippen LogP contribution in [0.5, 0.6) is 0 Å². The Labute approximate surface area is 228 Å². The average molecular weight is 537 g/mol. The number of carbonyl (C=O) groups excluding carboxylic acids is 5. The first-order chi connectivity index (χ1) is 18.2. The molecule has 9 nitrogen and oxygen atoms in total. The van der Waals surface area contributed by atoms with E-state index in [2.05, 4.69) is 5.32 Å². The van der Waals surface area contributed by atoms with Gasteiger partial charge in [-0.15, -0.1) is 0 Å². The van der Waals surface area contributed by atoms with Crippen molar-refractivity contribution in [2.75, 3.05) is 6.61 Å². The first-order valence-electron chi connectivity index (χ1n) is 12.8. The Bertz CT molecular complexity index is 1390. The molecule has 0 radical (unpaired) electrons. The highest BCUT2D eigenvalue weighted by Crippen LogP contribution is 2.36. The van der Waals surface area contributed by atoms with Crippen LogP contribution >= 0.6 is 0 Å². The molecular weight excluding hydrogens is 500 g/mol. The summed E-state index contributed by atoms with van der Waals surface area (Å²) in [4.78, 5) is 62.2. The molecule has 0 aliphatic heterocycles. The smallest absolute Gasteiger partial charge is 0.419 e. The lowest BCUT2D eigenvalue weighted by Gasteiger charge is -2.30. The predicted octanol–water partition coefficient (Wildman–Crippen LogP) is 4.46. The van der Waals surface area contributed by atoms with Crippen LogP contribution in [0.4, 0.5) is 4.79 Å². The van der Waals surface area contributed by atoms with Crippen LogP contribution in [0.3, 0.4) is 0 Å². The van der Waals surface area contributed by atoms with Crippen molar-refractivity contribution in [3.8, 4) is 0 Å². The number of allylic oxidation sites excluding steroid dienone is 4. The van der Waals surface area contributed by atoms with Crippen LogP contribution in [0.1, 0.15) is 60.5 Å². The van der Waals surface area contributed by atoms with E-state index in [0.29, 0.717) is 40.6 Å². The molecule has 0 fully saturated rings. The van der Waals surface area contributed by atoms with Crippen molar-refractivity contribution in [3.63, 3.8) is 0 Å². The molecule has 208 valence electrons. The Kier molecular flexibility index (Phi) is 8.63. The van der Waals surface area contributed by atoms with Gasteiger partial charge in [0.25, 0.3) is 0 Å². The summed E-state index contributed by atoms with van der Waals surface area (Å²) < 4.78 is 12.4. The van der Waals surface area contributed by atoms with E-state index in [1.165, 1.54) is 10.6 Å². The summed E-state index contributed by atoms with van der Waals surface area (Å²) >= 11 is 0. The fraction of sp³-hybridized carbons (Fsp3) is 0.433. The van der Waals surface area contributed by atoms with Gasteiger partial charge < -0.3 is 14.8 Å². The molecule has 2 aromatic rings. The fourth-order valence-corrected chi connectivity index (χ4v) is 4.79. The number of ketones is 2. The zero-order valence-corrected chi connectivity index (χ0v) is 23.5. The highest BCUT2D eigenvalue weighted by molar-refractivity contribution is 6.22. The maximum atomic E-state index is 13.0. The number of amides is 1. The quantitative estimate of drug-likeness (QED) is 0.285. The lowest BCUT2D eigenvalue weighted by atomic mass is 9.73. The van der Waals surface area contributed by atoms with Crippen molar-refractivity contribution in [3.05, 3.63) is 58.8 Å². The molecule has 0 saturated heterocycles. The number of hydrogen-bond donors (Lipinski definition) is 1. The zero-order valence-electron chi connectivity index (χ0n) is 23.5. The van der Waals surface area contributed by atoms with Gasteiger partial charge in [0, 0.05) is 34.7 Å². The number of carbonyl (C=O) groups is 5. The molecule has 0 bridgehead atoms. The van der Waals surface area contributed by atoms with Gasteiger partial charge >= 0.3 is 12.1 Å². The highest BCUT2D eigenvalue weighted by Gasteiger charge is 2.35. The molecule has 1 aromatic carbocycles. The molecule has 1 aliphatic carbocycles. The van der Waals surface area contributed by atoms with Crippen molar-refractivity contribution in [1.82, 2.24) is 9.88 Å². The summed E-state index contributed by atoms with van der Waals surface area (Å²) in [7, 11) is 0. The van der Waals surface area contributed by atoms with Crippen LogP contribution in [-0.2, 0) is 35.1 Å². The number of para-hydroxylation sites is 1. The molecule has 39 heavy (non-hydrogen) atoms. The van der Waals surface area contributed by atoms with E-state index in [1.54, 1.807) is 52.9 Å². The largest absolute Gasteiger partial charge is 0.464 e. The highest BCUT2D eigenvalue weighted by atomic mass is 16.6. The van der Waals surface area contributed by atoms with Crippen molar-refractivity contribution in [2.24, 2.45) is 5.41 Å². The number of Topliss-reactive ketones (excluding diaryl/α,β-unsaturated/α-hetero) is 1. The van der Waals surface area contributed by atoms with Crippen LogP contribution in [0.15, 0.2) is 53.3 Å². The van der Waals surface area contributed by atoms with Gasteiger partial charge in [-0.25, -0.2) is 9.59 Å². The number of nitrogens with one attached hydrogen (secondary N) is 1. The van der Waals surface area contributed by atoms with Crippen LogP contribution in [-0.4, -0.2) is 52.9 Å². The molecule has 0 spiro atoms. The molecule has 1 atom stereocenters. The van der Waals surface area contributed by atoms with Gasteiger partial charge in [-0.3, -0.25) is 19.0 Å². The molecule has 1 N–H and O–H groups in total. The summed E-state index contributed by atoms with van der Waals surface area (Å²) in [6.45, 7) is 12.2. The molecule has 1 aliphatic rings. The van der Waals surface area contributed by atoms with Crippen molar-refractivity contribution >= 4 is 40.9 Å². The minimum absolute atomic E-state index is 0.0243. The zero-order chi connectivity index (χ0) is 29.1. The Morgan fingerprint density at radius 3 is 2.38 bits per heavy atom. The van der Waals surface area contributed by atoms with Gasteiger partial charge in [0.15, 0.2) is 11.6 Å². The van der Waals surface area contributed by atoms with Gasteiger partial charge in [-0.2, -0.15) is 0 Å². The number of nitrogens with zero attached hydrogens (tertiary/aromatic N) is 1. The van der Waals surface area contributed by atoms with E-state index in [1.807, 2.05) is 26.0 Å². The van der Waals surface area contributed by atoms with Gasteiger partial charge in [0.2, 0.25) is 6.41 Å². The molecule has 1 aromatic heterocycles. The fourth-order valence-electron chi connectivity index (χ4n) is 4.79. The van der Waals surface area contributed by atoms with Gasteiger partial charge in [0.1, 0.15) is 11.6 Å². The Hall–Kier alpha value is -4.01. The topological polar surface area (TPSA) is 121 Å². The normalized spacial score (nSPS) is 15.2. The Morgan fingerprint density at radius 2 is 1.74 bits per heavy atom. The number of esters is 1. The summed E-state index contributed by atoms with van der Waals surface area (Å²) in [5.74, 6) is -1.04. The lowest BCUT2D eigenvalue weighted by molar-refractivity contribution is -0.147. The SMILES string of the molecule is CC1=CC(=O)C(C(C)(C)CCOC(=O)[C@H](Cc2cn(C(=O)OC(C)(C)C)c3ccccc23)NC=O)=C(C)C1=O. The number of aromatic nitrogens is 1. The summed E-state index contributed by atoms with van der Waals surface area (Å²) in [5, 5.41) is 3.25. The van der Waals surface area contributed by atoms with Crippen LogP contribution in [0.25, 0.3) is 10.9 Å². The van der Waals surface area contributed by atoms with Gasteiger partial charge in [0.05, 0.1) is 12.1 Å². The standard InChI is InChI=1S/C30H36N2O7/c1-18-14-24(34)25(19(2)26(18)35)30(6,7)12-13-38-27(36)22(31-17-33)15-20-16-32(28(37)39-29(3,4)5)23-11-9-8-10-21(20)23/h8-11,14,16-17,22H,12-13,15H2,1-7H3,(H,31,33)/t22-/m0/s1. The Morgan fingerprint density at radius 1 is 1.08 bits per heavy atom. The monoisotopic (exact) mass is 536 g/mol. The van der Waals surface area contributed by atoms with E-state index in [4.69, 9.17) is 9.47 Å². The number of hydrogen-bond acceptors (Lipinski definition) is 7. The number of benzene rings is 1. The third kappa shape index (κ3) is 6.71. The van der Waals surface area contributed by atoms with Gasteiger partial charge in [-0.1, -0.05) is 32.0 Å². The molecule has 1 amide bonds. The van der Waals surface area contributed by atoms with Crippen molar-refractivity contribution in [1.29, 1.82) is 0 Å². The van der Waals surface area contributed by atoms with Crippen molar-refractivity contribution in [2.45, 2.75) is 73.0 Å². The predicted molar refractivity (Wildman–Crippen MR) is 146 cm³/mol. The second-order valence-corrected chi connectivity index (χ2v) is 11.4. The lowest BCUT2D eigenvalue weighted by Crippen LogP contribution is -2.39.